The maximum Gasteiger partial charge on any atom is 1.00 e. The predicted octanol–water partition coefficient (Wildman–Crippen LogP) is -0.818. The third-order valence-corrected chi connectivity index (χ3v) is 6.10. The van der Waals surface area contributed by atoms with Crippen molar-refractivity contribution < 1.29 is 48.7 Å². The second kappa shape index (κ2) is 11.4. The van der Waals surface area contributed by atoms with Crippen LogP contribution in [0.25, 0.3) is 11.1 Å². The Morgan fingerprint density at radius 2 is 1.81 bits per heavy atom. The fourth-order valence-corrected chi connectivity index (χ4v) is 4.16. The van der Waals surface area contributed by atoms with Gasteiger partial charge in [-0.2, -0.15) is 0 Å². The number of benzene rings is 3. The number of aryl methyl sites for hydroxylation is 1. The van der Waals surface area contributed by atoms with E-state index in [-0.39, 0.29) is 42.0 Å². The van der Waals surface area contributed by atoms with E-state index in [1.165, 1.54) is 0 Å². The number of aromatic nitrogens is 2. The molecule has 0 radical (unpaired) electrons. The van der Waals surface area contributed by atoms with E-state index in [1.54, 1.807) is 29.2 Å². The molecule has 1 N–H and O–H groups in total. The molecule has 9 nitrogen and oxygen atoms in total. The van der Waals surface area contributed by atoms with Crippen LogP contribution in [0.4, 0.5) is 0 Å². The summed E-state index contributed by atoms with van der Waals surface area (Å²) >= 11 is 0. The first-order valence-electron chi connectivity index (χ1n) is 11.5. The fraction of sp³-hybridized carbons (Fsp3) is 0.222. The first kappa shape index (κ1) is 26.7. The number of aliphatic hydroxyl groups excluding tert-OH is 1. The smallest absolute Gasteiger partial charge is 0.489 e. The number of hydrogen-bond acceptors (Lipinski definition) is 6. The summed E-state index contributed by atoms with van der Waals surface area (Å²) in [4.78, 5) is 39.9. The van der Waals surface area contributed by atoms with Gasteiger partial charge in [0.25, 0.3) is 5.91 Å². The van der Waals surface area contributed by atoms with Crippen molar-refractivity contribution in [3.05, 3.63) is 110 Å². The molecule has 1 saturated heterocycles. The van der Waals surface area contributed by atoms with Crippen molar-refractivity contribution in [3.8, 4) is 16.9 Å². The normalized spacial score (nSPS) is 13.1. The van der Waals surface area contributed by atoms with Gasteiger partial charge in [0.05, 0.1) is 6.10 Å². The van der Waals surface area contributed by atoms with Gasteiger partial charge in [-0.15, -0.1) is 0 Å². The summed E-state index contributed by atoms with van der Waals surface area (Å²) in [6, 6.07) is 20.8. The molecule has 4 aromatic rings. The average Bonchev–Trinajstić information content (AvgIpc) is 3.17. The number of nitrogens with zero attached hydrogens (tertiary/aromatic N) is 3. The molecule has 5 rings (SSSR count). The summed E-state index contributed by atoms with van der Waals surface area (Å²) in [6.45, 7) is 3.22. The standard InChI is InChI=1S/C27H25N3O6.Na/c1-17-11-21(25(32)29-14-22(31)15-29)7-10-24(17)20-4-2-3-19(12-20)16-35-23-8-5-18(6-9-23)13-30-26(33)28-27(34)36-30;/h2-12,22,31H,13-16H2,1H3,(H,28,33,34);/q;+1/p-1. The van der Waals surface area contributed by atoms with E-state index >= 15 is 0 Å². The number of β-amino-alcohol motifs (C(OH)–C–C–N with tert-alkyl or cyclic N) is 1. The number of likely N-dealkylation sites (tertiary alicyclic amines) is 1. The monoisotopic (exact) mass is 509 g/mol. The maximum absolute atomic E-state index is 12.5. The topological polar surface area (TPSA) is 116 Å². The maximum atomic E-state index is 12.5. The number of aliphatic hydroxyl groups is 1. The van der Waals surface area contributed by atoms with Gasteiger partial charge in [-0.3, -0.25) is 14.3 Å². The molecule has 10 heteroatoms. The van der Waals surface area contributed by atoms with E-state index in [4.69, 9.17) is 9.26 Å². The molecule has 0 spiro atoms. The van der Waals surface area contributed by atoms with Gasteiger partial charge in [-0.05, 0) is 65.1 Å². The summed E-state index contributed by atoms with van der Waals surface area (Å²) in [6.07, 6.45) is -0.421. The zero-order valence-electron chi connectivity index (χ0n) is 20.6. The van der Waals surface area contributed by atoms with Crippen molar-refractivity contribution in [1.29, 1.82) is 0 Å². The van der Waals surface area contributed by atoms with Crippen LogP contribution >= 0.6 is 0 Å². The minimum Gasteiger partial charge on any atom is -0.489 e. The van der Waals surface area contributed by atoms with Crippen molar-refractivity contribution in [3.63, 3.8) is 0 Å². The molecule has 1 aliphatic heterocycles. The van der Waals surface area contributed by atoms with Gasteiger partial charge in [-0.1, -0.05) is 36.4 Å². The molecular weight excluding hydrogens is 485 g/mol. The van der Waals surface area contributed by atoms with Crippen LogP contribution in [0.3, 0.4) is 0 Å². The number of hydrogen-bond donors (Lipinski definition) is 1. The number of carbonyl (C=O) groups is 1. The molecule has 37 heavy (non-hydrogen) atoms. The average molecular weight is 509 g/mol. The molecule has 1 fully saturated rings. The molecule has 1 amide bonds. The first-order valence-corrected chi connectivity index (χ1v) is 11.5. The van der Waals surface area contributed by atoms with E-state index in [9.17, 15) is 19.5 Å². The Labute approximate surface area is 234 Å². The van der Waals surface area contributed by atoms with Gasteiger partial charge in [-0.25, -0.2) is 4.79 Å². The van der Waals surface area contributed by atoms with E-state index in [0.29, 0.717) is 31.0 Å². The summed E-state index contributed by atoms with van der Waals surface area (Å²) in [7, 11) is 0. The van der Waals surface area contributed by atoms with Crippen LogP contribution in [0, 0.1) is 6.92 Å². The number of rotatable bonds is 7. The largest absolute Gasteiger partial charge is 1.00 e. The van der Waals surface area contributed by atoms with Gasteiger partial charge < -0.3 is 24.3 Å². The van der Waals surface area contributed by atoms with Gasteiger partial charge in [0, 0.05) is 25.2 Å². The van der Waals surface area contributed by atoms with Crippen molar-refractivity contribution >= 4 is 5.91 Å². The van der Waals surface area contributed by atoms with Crippen molar-refractivity contribution in [2.24, 2.45) is 0 Å². The Balaban J connectivity index is 0.00000320. The molecule has 0 saturated carbocycles. The SMILES string of the molecule is Cc1cc(C(=O)N2CC(O)C2)ccc1-c1cccc(COc2ccc(Cn3oc(=O)[n-]c3=O)cc2)c1.[Na+]. The number of ether oxygens (including phenoxy) is 1. The van der Waals surface area contributed by atoms with Crippen molar-refractivity contribution in [1.82, 2.24) is 14.6 Å². The zero-order valence-corrected chi connectivity index (χ0v) is 22.6. The number of carbonyl (C=O) groups excluding carboxylic acids is 1. The van der Waals surface area contributed by atoms with E-state index in [2.05, 4.69) is 11.1 Å². The Morgan fingerprint density at radius 1 is 1.05 bits per heavy atom. The van der Waals surface area contributed by atoms with Crippen LogP contribution in [-0.4, -0.2) is 39.8 Å². The van der Waals surface area contributed by atoms with E-state index < -0.39 is 17.5 Å². The minimum absolute atomic E-state index is 0. The molecule has 0 unspecified atom stereocenters. The molecular formula is C27H24N3NaO6. The van der Waals surface area contributed by atoms with Gasteiger partial charge in [0.1, 0.15) is 12.4 Å². The minimum atomic E-state index is -0.908. The van der Waals surface area contributed by atoms with E-state index in [1.807, 2.05) is 43.3 Å². The van der Waals surface area contributed by atoms with Gasteiger partial charge in [0.2, 0.25) is 0 Å². The molecule has 0 bridgehead atoms. The summed E-state index contributed by atoms with van der Waals surface area (Å²) in [5, 5.41) is 9.45. The van der Waals surface area contributed by atoms with Crippen LogP contribution in [0.5, 0.6) is 5.75 Å². The molecule has 1 aromatic heterocycles. The summed E-state index contributed by atoms with van der Waals surface area (Å²) in [5.74, 6) is -0.311. The Kier molecular flexibility index (Phi) is 8.19. The first-order chi connectivity index (χ1) is 17.4. The van der Waals surface area contributed by atoms with E-state index in [0.717, 1.165) is 32.6 Å². The van der Waals surface area contributed by atoms with Crippen LogP contribution < -0.4 is 50.7 Å². The van der Waals surface area contributed by atoms with Crippen LogP contribution in [-0.2, 0) is 13.2 Å². The van der Waals surface area contributed by atoms with Crippen molar-refractivity contribution in [2.75, 3.05) is 13.1 Å². The molecule has 2 heterocycles. The van der Waals surface area contributed by atoms with Crippen molar-refractivity contribution in [2.45, 2.75) is 26.2 Å². The predicted molar refractivity (Wildman–Crippen MR) is 131 cm³/mol. The summed E-state index contributed by atoms with van der Waals surface area (Å²) < 4.78 is 11.6. The molecule has 1 aliphatic rings. The number of amides is 1. The quantitative estimate of drug-likeness (QED) is 0.324. The Hall–Kier alpha value is -3.37. The molecule has 0 atom stereocenters. The van der Waals surface area contributed by atoms with Crippen LogP contribution in [0.2, 0.25) is 0 Å². The second-order valence-electron chi connectivity index (χ2n) is 8.81. The molecule has 0 aliphatic carbocycles. The molecule has 184 valence electrons. The van der Waals surface area contributed by atoms with Crippen LogP contribution in [0.15, 0.2) is 80.8 Å². The second-order valence-corrected chi connectivity index (χ2v) is 8.81. The Bertz CT molecular complexity index is 1520. The summed E-state index contributed by atoms with van der Waals surface area (Å²) in [5.41, 5.74) is 4.71. The fourth-order valence-electron chi connectivity index (χ4n) is 4.16. The Morgan fingerprint density at radius 3 is 2.46 bits per heavy atom. The third-order valence-electron chi connectivity index (χ3n) is 6.10. The zero-order chi connectivity index (χ0) is 25.2. The van der Waals surface area contributed by atoms with Crippen LogP contribution in [0.1, 0.15) is 27.0 Å². The molecule has 3 aromatic carbocycles. The van der Waals surface area contributed by atoms with Gasteiger partial charge >= 0.3 is 35.3 Å². The third kappa shape index (κ3) is 6.14. The van der Waals surface area contributed by atoms with Gasteiger partial charge in [0.15, 0.2) is 5.69 Å².